The minimum absolute atomic E-state index is 0.0992. The van der Waals surface area contributed by atoms with E-state index in [9.17, 15) is 14.7 Å². The van der Waals surface area contributed by atoms with Crippen molar-refractivity contribution >= 4 is 46.6 Å². The van der Waals surface area contributed by atoms with Crippen molar-refractivity contribution in [1.29, 1.82) is 0 Å². The molecule has 3 aromatic carbocycles. The monoisotopic (exact) mass is 568 g/mol. The second kappa shape index (κ2) is 11.5. The molecule has 1 amide bonds. The van der Waals surface area contributed by atoms with Gasteiger partial charge in [0.05, 0.1) is 15.7 Å². The van der Waals surface area contributed by atoms with Gasteiger partial charge in [0.15, 0.2) is 0 Å². The molecule has 194 valence electrons. The molecule has 1 saturated heterocycles. The number of halogens is 2. The molecule has 2 heterocycles. The molecule has 0 unspecified atom stereocenters. The summed E-state index contributed by atoms with van der Waals surface area (Å²) < 4.78 is 10.5. The van der Waals surface area contributed by atoms with Crippen LogP contribution in [0.1, 0.15) is 23.2 Å². The third-order valence-electron chi connectivity index (χ3n) is 6.16. The first-order valence-corrected chi connectivity index (χ1v) is 13.5. The zero-order valence-electron chi connectivity index (χ0n) is 19.9. The van der Waals surface area contributed by atoms with E-state index >= 15 is 0 Å². The zero-order chi connectivity index (χ0) is 26.6. The average molecular weight is 569 g/mol. The number of benzene rings is 3. The first-order chi connectivity index (χ1) is 18.4. The van der Waals surface area contributed by atoms with Crippen LogP contribution in [0.2, 0.25) is 10.0 Å². The highest BCUT2D eigenvalue weighted by Gasteiger charge is 2.18. The maximum atomic E-state index is 12.6. The lowest BCUT2D eigenvalue weighted by Gasteiger charge is -2.23. The second-order valence-electron chi connectivity index (χ2n) is 8.68. The number of carbonyl (C=O) groups excluding carboxylic acids is 1. The molecular weight excluding hydrogens is 547 g/mol. The van der Waals surface area contributed by atoms with Gasteiger partial charge >= 0.3 is 6.16 Å². The standard InChI is InChI=1S/C28H22Cl2N2O5S/c29-22-8-6-18(13-23(22)30)24-15-38-27(32-24)19-5-7-21(25(14-19)37-28(34)35)16-1-3-17(4-2-16)26(33)31-20-9-11-36-12-10-20/h1-8,13-15,20H,9-12H2,(H,31,33)(H,34,35). The predicted molar refractivity (Wildman–Crippen MR) is 148 cm³/mol. The Balaban J connectivity index is 1.39. The number of aromatic nitrogens is 1. The van der Waals surface area contributed by atoms with Crippen LogP contribution < -0.4 is 10.1 Å². The number of amides is 1. The van der Waals surface area contributed by atoms with Gasteiger partial charge in [-0.3, -0.25) is 4.79 Å². The Hall–Kier alpha value is -3.43. The van der Waals surface area contributed by atoms with E-state index in [1.54, 1.807) is 48.5 Å². The van der Waals surface area contributed by atoms with Crippen molar-refractivity contribution in [2.24, 2.45) is 0 Å². The van der Waals surface area contributed by atoms with E-state index in [0.717, 1.165) is 24.1 Å². The maximum absolute atomic E-state index is 12.6. The molecule has 0 spiro atoms. The SMILES string of the molecule is O=C(O)Oc1cc(-c2nc(-c3ccc(Cl)c(Cl)c3)cs2)ccc1-c1ccc(C(=O)NC2CCOCC2)cc1. The lowest BCUT2D eigenvalue weighted by molar-refractivity contribution is 0.0696. The first-order valence-electron chi connectivity index (χ1n) is 11.8. The lowest BCUT2D eigenvalue weighted by Crippen LogP contribution is -2.38. The third kappa shape index (κ3) is 6.00. The Bertz CT molecular complexity index is 1480. The van der Waals surface area contributed by atoms with E-state index in [4.69, 9.17) is 32.7 Å². The van der Waals surface area contributed by atoms with Gasteiger partial charge in [0.25, 0.3) is 5.91 Å². The number of hydrogen-bond acceptors (Lipinski definition) is 6. The molecule has 4 aromatic rings. The number of carbonyl (C=O) groups is 2. The van der Waals surface area contributed by atoms with Gasteiger partial charge in [-0.2, -0.15) is 0 Å². The van der Waals surface area contributed by atoms with Crippen LogP contribution in [0.3, 0.4) is 0 Å². The molecule has 0 atom stereocenters. The van der Waals surface area contributed by atoms with Crippen LogP contribution in [0.25, 0.3) is 33.0 Å². The molecule has 7 nitrogen and oxygen atoms in total. The Labute approximate surface area is 233 Å². The fourth-order valence-corrected chi connectivity index (χ4v) is 5.30. The Morgan fingerprint density at radius 3 is 2.37 bits per heavy atom. The van der Waals surface area contributed by atoms with Crippen molar-refractivity contribution in [2.45, 2.75) is 18.9 Å². The summed E-state index contributed by atoms with van der Waals surface area (Å²) in [5, 5.41) is 15.9. The Morgan fingerprint density at radius 2 is 1.66 bits per heavy atom. The van der Waals surface area contributed by atoms with Gasteiger partial charge in [-0.05, 0) is 54.8 Å². The van der Waals surface area contributed by atoms with Crippen molar-refractivity contribution in [1.82, 2.24) is 10.3 Å². The maximum Gasteiger partial charge on any atom is 0.511 e. The number of rotatable bonds is 6. The topological polar surface area (TPSA) is 97.8 Å². The lowest BCUT2D eigenvalue weighted by atomic mass is 10.0. The number of hydrogen-bond donors (Lipinski definition) is 2. The Kier molecular flexibility index (Phi) is 7.95. The number of ether oxygens (including phenoxy) is 2. The van der Waals surface area contributed by atoms with E-state index in [1.165, 1.54) is 11.3 Å². The van der Waals surface area contributed by atoms with E-state index in [2.05, 4.69) is 10.3 Å². The molecule has 0 radical (unpaired) electrons. The van der Waals surface area contributed by atoms with E-state index in [-0.39, 0.29) is 17.7 Å². The molecule has 1 aliphatic heterocycles. The highest BCUT2D eigenvalue weighted by Crippen LogP contribution is 2.37. The molecule has 5 rings (SSSR count). The van der Waals surface area contributed by atoms with Gasteiger partial charge in [0.1, 0.15) is 10.8 Å². The quantitative estimate of drug-likeness (QED) is 0.185. The molecule has 2 N–H and O–H groups in total. The molecular formula is C28H22Cl2N2O5S. The van der Waals surface area contributed by atoms with Crippen LogP contribution in [0, 0.1) is 0 Å². The number of thiazole rings is 1. The molecule has 1 fully saturated rings. The summed E-state index contributed by atoms with van der Waals surface area (Å²) in [6, 6.07) is 17.7. The van der Waals surface area contributed by atoms with Gasteiger partial charge < -0.3 is 19.9 Å². The summed E-state index contributed by atoms with van der Waals surface area (Å²) in [6.07, 6.45) is 0.159. The molecule has 1 aliphatic rings. The van der Waals surface area contributed by atoms with Crippen molar-refractivity contribution in [2.75, 3.05) is 13.2 Å². The third-order valence-corrected chi connectivity index (χ3v) is 7.79. The summed E-state index contributed by atoms with van der Waals surface area (Å²) in [5.74, 6) is 0.0167. The van der Waals surface area contributed by atoms with Crippen LogP contribution in [-0.4, -0.2) is 41.4 Å². The van der Waals surface area contributed by atoms with Gasteiger partial charge in [0.2, 0.25) is 0 Å². The van der Waals surface area contributed by atoms with Crippen molar-refractivity contribution in [3.8, 4) is 38.7 Å². The highest BCUT2D eigenvalue weighted by molar-refractivity contribution is 7.13. The molecule has 0 aliphatic carbocycles. The van der Waals surface area contributed by atoms with Crippen molar-refractivity contribution < 1.29 is 24.2 Å². The van der Waals surface area contributed by atoms with Crippen molar-refractivity contribution in [3.05, 3.63) is 81.7 Å². The summed E-state index contributed by atoms with van der Waals surface area (Å²) >= 11 is 13.6. The number of carboxylic acid groups (broad SMARTS) is 1. The largest absolute Gasteiger partial charge is 0.511 e. The highest BCUT2D eigenvalue weighted by atomic mass is 35.5. The predicted octanol–water partition coefficient (Wildman–Crippen LogP) is 7.42. The Morgan fingerprint density at radius 1 is 0.947 bits per heavy atom. The smallest absolute Gasteiger partial charge is 0.449 e. The van der Waals surface area contributed by atoms with E-state index in [0.29, 0.717) is 50.5 Å². The van der Waals surface area contributed by atoms with Gasteiger partial charge in [-0.15, -0.1) is 11.3 Å². The normalized spacial score (nSPS) is 13.7. The van der Waals surface area contributed by atoms with Crippen LogP contribution in [0.5, 0.6) is 5.75 Å². The van der Waals surface area contributed by atoms with Crippen molar-refractivity contribution in [3.63, 3.8) is 0 Å². The fraction of sp³-hybridized carbons (Fsp3) is 0.179. The van der Waals surface area contributed by atoms with Gasteiger partial charge in [-0.1, -0.05) is 47.5 Å². The summed E-state index contributed by atoms with van der Waals surface area (Å²) in [5.41, 5.74) is 4.06. The first kappa shape index (κ1) is 26.2. The average Bonchev–Trinajstić information content (AvgIpc) is 3.41. The van der Waals surface area contributed by atoms with Gasteiger partial charge in [-0.25, -0.2) is 9.78 Å². The number of nitrogens with zero attached hydrogens (tertiary/aromatic N) is 1. The van der Waals surface area contributed by atoms with E-state index in [1.807, 2.05) is 17.5 Å². The fourth-order valence-electron chi connectivity index (χ4n) is 4.18. The molecule has 10 heteroatoms. The summed E-state index contributed by atoms with van der Waals surface area (Å²) in [6.45, 7) is 1.29. The second-order valence-corrected chi connectivity index (χ2v) is 10.4. The van der Waals surface area contributed by atoms with E-state index < -0.39 is 6.16 Å². The molecule has 38 heavy (non-hydrogen) atoms. The van der Waals surface area contributed by atoms with Crippen LogP contribution in [0.4, 0.5) is 4.79 Å². The van der Waals surface area contributed by atoms with Crippen LogP contribution in [-0.2, 0) is 4.74 Å². The molecule has 1 aromatic heterocycles. The minimum atomic E-state index is -1.42. The van der Waals surface area contributed by atoms with Crippen LogP contribution in [0.15, 0.2) is 66.0 Å². The summed E-state index contributed by atoms with van der Waals surface area (Å²) in [4.78, 5) is 28.8. The number of nitrogens with one attached hydrogen (secondary N) is 1. The molecule has 0 saturated carbocycles. The van der Waals surface area contributed by atoms with Gasteiger partial charge in [0, 0.05) is 46.9 Å². The minimum Gasteiger partial charge on any atom is -0.449 e. The summed E-state index contributed by atoms with van der Waals surface area (Å²) in [7, 11) is 0. The van der Waals surface area contributed by atoms with Crippen LogP contribution >= 0.6 is 34.5 Å². The zero-order valence-corrected chi connectivity index (χ0v) is 22.3. The molecule has 0 bridgehead atoms.